The summed E-state index contributed by atoms with van der Waals surface area (Å²) in [5.41, 5.74) is 5.14. The van der Waals surface area contributed by atoms with Crippen LogP contribution in [0.3, 0.4) is 0 Å². The molecule has 2 rings (SSSR count). The Hall–Kier alpha value is -1.87. The van der Waals surface area contributed by atoms with E-state index in [9.17, 15) is 4.79 Å². The van der Waals surface area contributed by atoms with Crippen LogP contribution in [-0.4, -0.2) is 45.2 Å². The minimum Gasteiger partial charge on any atom is -0.363 e. The summed E-state index contributed by atoms with van der Waals surface area (Å²) < 4.78 is 1.74. The Morgan fingerprint density at radius 3 is 3.17 bits per heavy atom. The summed E-state index contributed by atoms with van der Waals surface area (Å²) in [7, 11) is 0. The number of carbonyl (C=O) groups is 1. The third kappa shape index (κ3) is 2.87. The lowest BCUT2D eigenvalue weighted by atomic mass is 10.1. The number of carbonyl (C=O) groups excluding carboxylic acids is 1. The van der Waals surface area contributed by atoms with Crippen LogP contribution in [0, 0.1) is 11.8 Å². The second kappa shape index (κ2) is 5.65. The molecule has 0 aliphatic carbocycles. The maximum absolute atomic E-state index is 11.0. The van der Waals surface area contributed by atoms with Gasteiger partial charge in [-0.3, -0.25) is 9.69 Å². The van der Waals surface area contributed by atoms with E-state index >= 15 is 0 Å². The van der Waals surface area contributed by atoms with Crippen LogP contribution in [0.5, 0.6) is 0 Å². The van der Waals surface area contributed by atoms with Gasteiger partial charge in [-0.25, -0.2) is 9.67 Å². The van der Waals surface area contributed by atoms with Gasteiger partial charge in [-0.15, -0.1) is 11.0 Å². The molecular weight excluding hydrogens is 230 g/mol. The van der Waals surface area contributed by atoms with Gasteiger partial charge >= 0.3 is 0 Å². The maximum atomic E-state index is 11.0. The van der Waals surface area contributed by atoms with Gasteiger partial charge < -0.3 is 5.73 Å². The first-order valence-corrected chi connectivity index (χ1v) is 6.03. The Kier molecular flexibility index (Phi) is 3.95. The van der Waals surface area contributed by atoms with E-state index in [0.717, 1.165) is 32.5 Å². The fourth-order valence-electron chi connectivity index (χ4n) is 2.15. The molecule has 0 radical (unpaired) electrons. The molecule has 6 heteroatoms. The largest absolute Gasteiger partial charge is 0.363 e. The van der Waals surface area contributed by atoms with Crippen LogP contribution in [0.15, 0.2) is 6.33 Å². The molecule has 1 fully saturated rings. The summed E-state index contributed by atoms with van der Waals surface area (Å²) in [6.45, 7) is 4.57. The van der Waals surface area contributed by atoms with Crippen LogP contribution in [0.4, 0.5) is 0 Å². The summed E-state index contributed by atoms with van der Waals surface area (Å²) in [5.74, 6) is 5.47. The average Bonchev–Trinajstić information content (AvgIpc) is 2.86. The molecule has 96 valence electrons. The number of nitrogens with zero attached hydrogens (tertiary/aromatic N) is 4. The van der Waals surface area contributed by atoms with Crippen LogP contribution < -0.4 is 5.73 Å². The number of aromatic nitrogens is 3. The molecule has 18 heavy (non-hydrogen) atoms. The molecule has 1 aliphatic heterocycles. The summed E-state index contributed by atoms with van der Waals surface area (Å²) in [4.78, 5) is 17.2. The number of hydrogen-bond donors (Lipinski definition) is 1. The summed E-state index contributed by atoms with van der Waals surface area (Å²) in [5, 5.41) is 4.12. The zero-order valence-electron chi connectivity index (χ0n) is 10.5. The fraction of sp³-hybridized carbons (Fsp3) is 0.583. The minimum atomic E-state index is -0.585. The number of primary amides is 1. The number of amides is 1. The first kappa shape index (κ1) is 12.6. The minimum absolute atomic E-state index is 0.0838. The lowest BCUT2D eigenvalue weighted by molar-refractivity contribution is 0.0989. The van der Waals surface area contributed by atoms with Crippen LogP contribution in [0.2, 0.25) is 0 Å². The molecule has 1 amide bonds. The monoisotopic (exact) mass is 247 g/mol. The Bertz CT molecular complexity index is 484. The van der Waals surface area contributed by atoms with Crippen molar-refractivity contribution in [1.82, 2.24) is 19.7 Å². The van der Waals surface area contributed by atoms with Gasteiger partial charge in [-0.05, 0) is 26.3 Å². The Balaban J connectivity index is 2.02. The molecular formula is C12H17N5O. The van der Waals surface area contributed by atoms with Gasteiger partial charge in [-0.1, -0.05) is 5.92 Å². The van der Waals surface area contributed by atoms with Gasteiger partial charge in [0, 0.05) is 6.54 Å². The van der Waals surface area contributed by atoms with E-state index in [0.29, 0.717) is 0 Å². The summed E-state index contributed by atoms with van der Waals surface area (Å²) in [6.07, 6.45) is 3.72. The highest BCUT2D eigenvalue weighted by molar-refractivity contribution is 5.88. The van der Waals surface area contributed by atoms with Crippen molar-refractivity contribution >= 4 is 5.91 Å². The molecule has 1 aromatic rings. The third-order valence-electron chi connectivity index (χ3n) is 3.06. The van der Waals surface area contributed by atoms with E-state index in [2.05, 4.69) is 26.8 Å². The molecule has 2 heterocycles. The molecule has 1 aliphatic rings. The second-order valence-corrected chi connectivity index (χ2v) is 4.37. The van der Waals surface area contributed by atoms with Crippen molar-refractivity contribution in [1.29, 1.82) is 0 Å². The lowest BCUT2D eigenvalue weighted by Crippen LogP contribution is -2.37. The van der Waals surface area contributed by atoms with E-state index in [-0.39, 0.29) is 11.9 Å². The van der Waals surface area contributed by atoms with Crippen molar-refractivity contribution in [2.24, 2.45) is 5.73 Å². The van der Waals surface area contributed by atoms with E-state index in [1.54, 1.807) is 11.0 Å². The van der Waals surface area contributed by atoms with Gasteiger partial charge in [0.1, 0.15) is 6.33 Å². The average molecular weight is 247 g/mol. The molecule has 0 unspecified atom stereocenters. The highest BCUT2D eigenvalue weighted by Crippen LogP contribution is 2.19. The smallest absolute Gasteiger partial charge is 0.288 e. The van der Waals surface area contributed by atoms with Crippen LogP contribution in [0.1, 0.15) is 36.4 Å². The zero-order chi connectivity index (χ0) is 13.0. The summed E-state index contributed by atoms with van der Waals surface area (Å²) in [6, 6.07) is 0.248. The lowest BCUT2D eigenvalue weighted by Gasteiger charge is -2.31. The Morgan fingerprint density at radius 1 is 1.67 bits per heavy atom. The highest BCUT2D eigenvalue weighted by atomic mass is 16.1. The molecule has 0 spiro atoms. The number of piperidine rings is 1. The van der Waals surface area contributed by atoms with Crippen LogP contribution in [0.25, 0.3) is 0 Å². The molecule has 1 atom stereocenters. The van der Waals surface area contributed by atoms with E-state index in [4.69, 9.17) is 5.73 Å². The summed E-state index contributed by atoms with van der Waals surface area (Å²) >= 11 is 0. The molecule has 0 saturated carbocycles. The van der Waals surface area contributed by atoms with Crippen molar-refractivity contribution < 1.29 is 4.79 Å². The quantitative estimate of drug-likeness (QED) is 0.765. The van der Waals surface area contributed by atoms with E-state index < -0.39 is 5.91 Å². The van der Waals surface area contributed by atoms with E-state index in [1.807, 2.05) is 6.92 Å². The number of rotatable bonds is 3. The molecule has 1 aromatic heterocycles. The van der Waals surface area contributed by atoms with Gasteiger partial charge in [0.25, 0.3) is 5.91 Å². The van der Waals surface area contributed by atoms with Crippen molar-refractivity contribution in [3.05, 3.63) is 12.2 Å². The molecule has 2 N–H and O–H groups in total. The van der Waals surface area contributed by atoms with Crippen LogP contribution >= 0.6 is 0 Å². The zero-order valence-corrected chi connectivity index (χ0v) is 10.5. The van der Waals surface area contributed by atoms with Crippen molar-refractivity contribution in [3.8, 4) is 11.8 Å². The Morgan fingerprint density at radius 2 is 2.50 bits per heavy atom. The first-order valence-electron chi connectivity index (χ1n) is 6.03. The van der Waals surface area contributed by atoms with Crippen molar-refractivity contribution in [3.63, 3.8) is 0 Å². The topological polar surface area (TPSA) is 77.0 Å². The number of nitrogens with two attached hydrogens (primary N) is 1. The predicted octanol–water partition coefficient (Wildman–Crippen LogP) is 0.0372. The molecule has 0 bridgehead atoms. The molecule has 1 saturated heterocycles. The number of hydrogen-bond acceptors (Lipinski definition) is 4. The first-order chi connectivity index (χ1) is 8.70. The maximum Gasteiger partial charge on any atom is 0.288 e. The standard InChI is InChI=1S/C12H17N5O/c1-2-3-6-16-7-4-5-10(8-16)17-9-14-12(15-17)11(13)18/h9-10H,4-8H2,1H3,(H2,13,18)/t10-/m0/s1. The van der Waals surface area contributed by atoms with Crippen molar-refractivity contribution in [2.75, 3.05) is 19.6 Å². The van der Waals surface area contributed by atoms with Gasteiger partial charge in [0.15, 0.2) is 0 Å². The van der Waals surface area contributed by atoms with Gasteiger partial charge in [0.2, 0.25) is 5.82 Å². The highest BCUT2D eigenvalue weighted by Gasteiger charge is 2.22. The fourth-order valence-corrected chi connectivity index (χ4v) is 2.15. The van der Waals surface area contributed by atoms with E-state index in [1.165, 1.54) is 0 Å². The second-order valence-electron chi connectivity index (χ2n) is 4.37. The van der Waals surface area contributed by atoms with Gasteiger partial charge in [0.05, 0.1) is 12.6 Å². The normalized spacial score (nSPS) is 20.2. The van der Waals surface area contributed by atoms with Crippen LogP contribution in [-0.2, 0) is 0 Å². The molecule has 6 nitrogen and oxygen atoms in total. The third-order valence-corrected chi connectivity index (χ3v) is 3.06. The SMILES string of the molecule is CC#CCN1CCC[C@H](n2cnc(C(N)=O)n2)C1. The number of likely N-dealkylation sites (tertiary alicyclic amines) is 1. The Labute approximate surface area is 106 Å². The van der Waals surface area contributed by atoms with Crippen molar-refractivity contribution in [2.45, 2.75) is 25.8 Å². The molecule has 0 aromatic carbocycles. The van der Waals surface area contributed by atoms with Gasteiger partial charge in [-0.2, -0.15) is 0 Å². The predicted molar refractivity (Wildman–Crippen MR) is 66.7 cm³/mol.